The number of amides is 1. The van der Waals surface area contributed by atoms with Crippen molar-refractivity contribution in [1.82, 2.24) is 14.7 Å². The number of carbonyl (C=O) groups is 3. The van der Waals surface area contributed by atoms with Crippen molar-refractivity contribution in [3.63, 3.8) is 0 Å². The monoisotopic (exact) mass is 423 g/mol. The number of nitrogens with zero attached hydrogens (tertiary/aromatic N) is 3. The molecular formula is C17H18BrN3O5. The van der Waals surface area contributed by atoms with Gasteiger partial charge in [0.15, 0.2) is 0 Å². The molecule has 0 radical (unpaired) electrons. The van der Waals surface area contributed by atoms with Crippen LogP contribution in [-0.2, 0) is 19.1 Å². The molecule has 0 aliphatic rings. The maximum absolute atomic E-state index is 12.8. The molecule has 0 bridgehead atoms. The molecule has 9 heteroatoms. The van der Waals surface area contributed by atoms with Crippen LogP contribution in [0.3, 0.4) is 0 Å². The van der Waals surface area contributed by atoms with Gasteiger partial charge >= 0.3 is 11.9 Å². The van der Waals surface area contributed by atoms with E-state index < -0.39 is 17.8 Å². The van der Waals surface area contributed by atoms with E-state index in [0.29, 0.717) is 5.69 Å². The number of aromatic nitrogens is 2. The van der Waals surface area contributed by atoms with Crippen molar-refractivity contribution in [1.29, 1.82) is 0 Å². The summed E-state index contributed by atoms with van der Waals surface area (Å²) < 4.78 is 11.7. The number of hydrogen-bond acceptors (Lipinski definition) is 6. The van der Waals surface area contributed by atoms with Gasteiger partial charge in [-0.3, -0.25) is 14.4 Å². The molecule has 0 spiro atoms. The van der Waals surface area contributed by atoms with Crippen LogP contribution in [0.15, 0.2) is 34.9 Å². The minimum atomic E-state index is -0.639. The number of carbonyl (C=O) groups excluding carboxylic acids is 3. The Hall–Kier alpha value is -2.68. The summed E-state index contributed by atoms with van der Waals surface area (Å²) in [7, 11) is 2.42. The zero-order valence-corrected chi connectivity index (χ0v) is 16.1. The van der Waals surface area contributed by atoms with E-state index in [0.717, 1.165) is 15.1 Å². The Morgan fingerprint density at radius 2 is 1.62 bits per heavy atom. The first kappa shape index (κ1) is 19.6. The molecule has 2 rings (SSSR count). The van der Waals surface area contributed by atoms with Gasteiger partial charge in [0, 0.05) is 4.47 Å². The number of ether oxygens (including phenoxy) is 2. The molecular weight excluding hydrogens is 406 g/mol. The second-order valence-electron chi connectivity index (χ2n) is 5.35. The Balaban J connectivity index is 2.32. The summed E-state index contributed by atoms with van der Waals surface area (Å²) >= 11 is 3.37. The van der Waals surface area contributed by atoms with Crippen molar-refractivity contribution >= 4 is 33.8 Å². The van der Waals surface area contributed by atoms with Crippen LogP contribution in [0.4, 0.5) is 0 Å². The van der Waals surface area contributed by atoms with E-state index in [9.17, 15) is 14.4 Å². The highest BCUT2D eigenvalue weighted by molar-refractivity contribution is 9.10. The van der Waals surface area contributed by atoms with Crippen LogP contribution in [0.5, 0.6) is 0 Å². The third-order valence-corrected chi connectivity index (χ3v) is 4.22. The van der Waals surface area contributed by atoms with Gasteiger partial charge in [-0.05, 0) is 31.2 Å². The van der Waals surface area contributed by atoms with Gasteiger partial charge in [-0.25, -0.2) is 4.68 Å². The number of halogens is 1. The maximum atomic E-state index is 12.8. The van der Waals surface area contributed by atoms with E-state index in [1.807, 2.05) is 24.3 Å². The lowest BCUT2D eigenvalue weighted by Crippen LogP contribution is -2.40. The molecule has 1 heterocycles. The second-order valence-corrected chi connectivity index (χ2v) is 6.26. The van der Waals surface area contributed by atoms with Crippen molar-refractivity contribution in [3.8, 4) is 5.69 Å². The van der Waals surface area contributed by atoms with Gasteiger partial charge in [0.25, 0.3) is 5.91 Å². The van der Waals surface area contributed by atoms with Crippen molar-refractivity contribution in [2.75, 3.05) is 27.3 Å². The second kappa shape index (κ2) is 8.61. The van der Waals surface area contributed by atoms with E-state index in [1.54, 1.807) is 11.6 Å². The summed E-state index contributed by atoms with van der Waals surface area (Å²) in [5, 5.41) is 4.24. The third kappa shape index (κ3) is 4.48. The molecule has 1 aromatic carbocycles. The molecule has 8 nitrogen and oxygen atoms in total. The molecule has 0 aliphatic heterocycles. The van der Waals surface area contributed by atoms with Gasteiger partial charge in [0.1, 0.15) is 13.1 Å². The summed E-state index contributed by atoms with van der Waals surface area (Å²) in [5.74, 6) is -1.79. The van der Waals surface area contributed by atoms with E-state index in [-0.39, 0.29) is 18.7 Å². The van der Waals surface area contributed by atoms with Crippen LogP contribution in [0.25, 0.3) is 5.69 Å². The molecule has 1 aromatic heterocycles. The Morgan fingerprint density at radius 1 is 1.08 bits per heavy atom. The van der Waals surface area contributed by atoms with Gasteiger partial charge in [-0.1, -0.05) is 15.9 Å². The Bertz CT molecular complexity index is 798. The smallest absolute Gasteiger partial charge is 0.325 e. The fourth-order valence-corrected chi connectivity index (χ4v) is 2.54. The predicted molar refractivity (Wildman–Crippen MR) is 95.9 cm³/mol. The Morgan fingerprint density at radius 3 is 2.12 bits per heavy atom. The number of hydrogen-bond donors (Lipinski definition) is 0. The molecule has 138 valence electrons. The quantitative estimate of drug-likeness (QED) is 0.657. The molecule has 0 saturated heterocycles. The molecule has 0 unspecified atom stereocenters. The van der Waals surface area contributed by atoms with E-state index in [4.69, 9.17) is 0 Å². The SMILES string of the molecule is COC(=O)CN(CC(=O)OC)C(=O)c1cnn(-c2ccc(Br)cc2)c1C. The fraction of sp³-hybridized carbons (Fsp3) is 0.294. The van der Waals surface area contributed by atoms with Gasteiger partial charge in [0.05, 0.1) is 37.4 Å². The molecule has 26 heavy (non-hydrogen) atoms. The van der Waals surface area contributed by atoms with Crippen LogP contribution in [0.2, 0.25) is 0 Å². The largest absolute Gasteiger partial charge is 0.468 e. The van der Waals surface area contributed by atoms with Crippen LogP contribution < -0.4 is 0 Å². The van der Waals surface area contributed by atoms with E-state index in [1.165, 1.54) is 20.4 Å². The average Bonchev–Trinajstić information content (AvgIpc) is 3.02. The van der Waals surface area contributed by atoms with Gasteiger partial charge in [0.2, 0.25) is 0 Å². The predicted octanol–water partition coefficient (Wildman–Crippen LogP) is 1.73. The molecule has 0 N–H and O–H groups in total. The highest BCUT2D eigenvalue weighted by Crippen LogP contribution is 2.18. The molecule has 0 atom stereocenters. The zero-order chi connectivity index (χ0) is 19.3. The van der Waals surface area contributed by atoms with Gasteiger partial charge in [-0.2, -0.15) is 5.10 Å². The normalized spacial score (nSPS) is 10.3. The van der Waals surface area contributed by atoms with Crippen LogP contribution in [0.1, 0.15) is 16.1 Å². The number of rotatable bonds is 6. The summed E-state index contributed by atoms with van der Waals surface area (Å²) in [6.45, 7) is 0.997. The maximum Gasteiger partial charge on any atom is 0.325 e. The average molecular weight is 424 g/mol. The van der Waals surface area contributed by atoms with Crippen LogP contribution >= 0.6 is 15.9 Å². The summed E-state index contributed by atoms with van der Waals surface area (Å²) in [5.41, 5.74) is 1.63. The van der Waals surface area contributed by atoms with E-state index >= 15 is 0 Å². The topological polar surface area (TPSA) is 90.7 Å². The third-order valence-electron chi connectivity index (χ3n) is 3.69. The Labute approximate surface area is 158 Å². The molecule has 0 saturated carbocycles. The summed E-state index contributed by atoms with van der Waals surface area (Å²) in [4.78, 5) is 37.0. The van der Waals surface area contributed by atoms with Crippen molar-refractivity contribution < 1.29 is 23.9 Å². The fourth-order valence-electron chi connectivity index (χ4n) is 2.27. The Kier molecular flexibility index (Phi) is 6.51. The van der Waals surface area contributed by atoms with Crippen LogP contribution in [0, 0.1) is 6.92 Å². The highest BCUT2D eigenvalue weighted by atomic mass is 79.9. The minimum Gasteiger partial charge on any atom is -0.468 e. The van der Waals surface area contributed by atoms with Crippen molar-refractivity contribution in [2.24, 2.45) is 0 Å². The molecule has 0 aliphatic carbocycles. The molecule has 1 amide bonds. The first-order chi connectivity index (χ1) is 12.4. The lowest BCUT2D eigenvalue weighted by Gasteiger charge is -2.20. The van der Waals surface area contributed by atoms with Gasteiger partial charge in [-0.15, -0.1) is 0 Å². The first-order valence-corrected chi connectivity index (χ1v) is 8.40. The lowest BCUT2D eigenvalue weighted by atomic mass is 10.2. The highest BCUT2D eigenvalue weighted by Gasteiger charge is 2.25. The first-order valence-electron chi connectivity index (χ1n) is 7.60. The van der Waals surface area contributed by atoms with Crippen LogP contribution in [-0.4, -0.2) is 59.8 Å². The standard InChI is InChI=1S/C17H18BrN3O5/c1-11-14(8-19-21(11)13-6-4-12(18)5-7-13)17(24)20(9-15(22)25-2)10-16(23)26-3/h4-8H,9-10H2,1-3H3. The van der Waals surface area contributed by atoms with E-state index in [2.05, 4.69) is 30.5 Å². The number of benzene rings is 1. The summed E-state index contributed by atoms with van der Waals surface area (Å²) in [6.07, 6.45) is 1.40. The molecule has 2 aromatic rings. The number of methoxy groups -OCH3 is 2. The van der Waals surface area contributed by atoms with Crippen molar-refractivity contribution in [3.05, 3.63) is 46.2 Å². The zero-order valence-electron chi connectivity index (χ0n) is 14.6. The lowest BCUT2D eigenvalue weighted by molar-refractivity contribution is -0.144. The summed E-state index contributed by atoms with van der Waals surface area (Å²) in [6, 6.07) is 7.41. The minimum absolute atomic E-state index is 0.278. The van der Waals surface area contributed by atoms with Gasteiger partial charge < -0.3 is 14.4 Å². The number of esters is 2. The van der Waals surface area contributed by atoms with Crippen molar-refractivity contribution in [2.45, 2.75) is 6.92 Å². The molecule has 0 fully saturated rings.